The van der Waals surface area contributed by atoms with Crippen molar-refractivity contribution in [3.05, 3.63) is 23.8 Å². The van der Waals surface area contributed by atoms with E-state index in [2.05, 4.69) is 10.6 Å². The number of nitrogens with zero attached hydrogens (tertiary/aromatic N) is 1. The summed E-state index contributed by atoms with van der Waals surface area (Å²) in [6.07, 6.45) is 0.856. The van der Waals surface area contributed by atoms with Gasteiger partial charge in [0.2, 0.25) is 11.8 Å². The lowest BCUT2D eigenvalue weighted by Gasteiger charge is -2.35. The van der Waals surface area contributed by atoms with Gasteiger partial charge in [-0.2, -0.15) is 0 Å². The molecule has 1 saturated heterocycles. The van der Waals surface area contributed by atoms with Gasteiger partial charge in [-0.3, -0.25) is 14.5 Å². The zero-order chi connectivity index (χ0) is 19.6. The van der Waals surface area contributed by atoms with Gasteiger partial charge in [0.05, 0.1) is 26.7 Å². The fraction of sp³-hybridized carbons (Fsp3) is 0.579. The lowest BCUT2D eigenvalue weighted by molar-refractivity contribution is -0.134. The van der Waals surface area contributed by atoms with Crippen LogP contribution in [-0.2, 0) is 20.9 Å². The summed E-state index contributed by atoms with van der Waals surface area (Å²) in [6, 6.07) is 5.14. The number of ether oxygens (including phenoxy) is 3. The predicted molar refractivity (Wildman–Crippen MR) is 101 cm³/mol. The van der Waals surface area contributed by atoms with E-state index in [4.69, 9.17) is 14.2 Å². The average molecular weight is 379 g/mol. The number of para-hydroxylation sites is 1. The number of piperazine rings is 1. The molecule has 0 saturated carbocycles. The van der Waals surface area contributed by atoms with Crippen LogP contribution in [0.25, 0.3) is 0 Å². The van der Waals surface area contributed by atoms with Crippen LogP contribution in [-0.4, -0.2) is 70.3 Å². The molecule has 27 heavy (non-hydrogen) atoms. The molecule has 1 unspecified atom stereocenters. The smallest absolute Gasteiger partial charge is 0.237 e. The number of carbonyl (C=O) groups excluding carboxylic acids is 2. The third kappa shape index (κ3) is 5.83. The quantitative estimate of drug-likeness (QED) is 0.577. The monoisotopic (exact) mass is 379 g/mol. The molecule has 8 nitrogen and oxygen atoms in total. The number of nitrogens with one attached hydrogen (secondary N) is 2. The summed E-state index contributed by atoms with van der Waals surface area (Å²) in [5.74, 6) is 1.02. The van der Waals surface area contributed by atoms with Gasteiger partial charge in [-0.1, -0.05) is 12.1 Å². The summed E-state index contributed by atoms with van der Waals surface area (Å²) in [5.41, 5.74) is 0.914. The molecule has 0 radical (unpaired) electrons. The van der Waals surface area contributed by atoms with Crippen molar-refractivity contribution in [3.63, 3.8) is 0 Å². The lowest BCUT2D eigenvalue weighted by atomic mass is 10.1. The molecular formula is C19H29N3O5. The number of hydrogen-bond acceptors (Lipinski definition) is 6. The standard InChI is InChI=1S/C19H29N3O5/c1-25-11-5-8-20-17(23)12-15-19(24)21-9-10-22(15)13-14-6-4-7-16(26-2)18(14)27-3/h4,6-7,15H,5,8-13H2,1-3H3,(H,20,23)(H,21,24). The van der Waals surface area contributed by atoms with Gasteiger partial charge in [-0.15, -0.1) is 0 Å². The molecule has 0 bridgehead atoms. The van der Waals surface area contributed by atoms with Gasteiger partial charge in [0.25, 0.3) is 0 Å². The van der Waals surface area contributed by atoms with Crippen molar-refractivity contribution >= 4 is 11.8 Å². The van der Waals surface area contributed by atoms with E-state index >= 15 is 0 Å². The minimum absolute atomic E-state index is 0.116. The molecule has 8 heteroatoms. The van der Waals surface area contributed by atoms with Crippen molar-refractivity contribution < 1.29 is 23.8 Å². The highest BCUT2D eigenvalue weighted by molar-refractivity contribution is 5.88. The van der Waals surface area contributed by atoms with Crippen LogP contribution in [0.5, 0.6) is 11.5 Å². The molecule has 1 aliphatic rings. The maximum atomic E-state index is 12.4. The molecule has 1 aromatic rings. The minimum atomic E-state index is -0.517. The fourth-order valence-corrected chi connectivity index (χ4v) is 3.16. The molecule has 0 spiro atoms. The Morgan fingerprint density at radius 2 is 2.11 bits per heavy atom. The Bertz CT molecular complexity index is 638. The Morgan fingerprint density at radius 3 is 2.81 bits per heavy atom. The number of rotatable bonds is 10. The lowest BCUT2D eigenvalue weighted by Crippen LogP contribution is -2.56. The molecule has 0 aliphatic carbocycles. The van der Waals surface area contributed by atoms with E-state index in [1.165, 1.54) is 0 Å². The SMILES string of the molecule is COCCCNC(=O)CC1C(=O)NCCN1Cc1cccc(OC)c1OC. The van der Waals surface area contributed by atoms with E-state index in [0.29, 0.717) is 44.3 Å². The summed E-state index contributed by atoms with van der Waals surface area (Å²) >= 11 is 0. The van der Waals surface area contributed by atoms with Crippen LogP contribution in [0.4, 0.5) is 0 Å². The maximum Gasteiger partial charge on any atom is 0.237 e. The molecule has 2 N–H and O–H groups in total. The molecule has 1 fully saturated rings. The first-order valence-electron chi connectivity index (χ1n) is 9.08. The number of benzene rings is 1. The highest BCUT2D eigenvalue weighted by Crippen LogP contribution is 2.32. The van der Waals surface area contributed by atoms with E-state index in [-0.39, 0.29) is 18.2 Å². The van der Waals surface area contributed by atoms with Crippen LogP contribution >= 0.6 is 0 Å². The van der Waals surface area contributed by atoms with E-state index in [9.17, 15) is 9.59 Å². The van der Waals surface area contributed by atoms with Crippen molar-refractivity contribution in [2.75, 3.05) is 47.6 Å². The first-order valence-corrected chi connectivity index (χ1v) is 9.08. The van der Waals surface area contributed by atoms with Gasteiger partial charge in [0, 0.05) is 45.5 Å². The van der Waals surface area contributed by atoms with Gasteiger partial charge in [-0.25, -0.2) is 0 Å². The second-order valence-electron chi connectivity index (χ2n) is 6.33. The number of methoxy groups -OCH3 is 3. The molecule has 1 heterocycles. The van der Waals surface area contributed by atoms with Gasteiger partial charge in [0.1, 0.15) is 0 Å². The molecule has 1 aliphatic heterocycles. The minimum Gasteiger partial charge on any atom is -0.493 e. The molecule has 1 atom stereocenters. The highest BCUT2D eigenvalue weighted by Gasteiger charge is 2.32. The molecule has 1 aromatic carbocycles. The second-order valence-corrected chi connectivity index (χ2v) is 6.33. The fourth-order valence-electron chi connectivity index (χ4n) is 3.16. The van der Waals surface area contributed by atoms with Crippen molar-refractivity contribution in [1.82, 2.24) is 15.5 Å². The van der Waals surface area contributed by atoms with Crippen LogP contribution in [0, 0.1) is 0 Å². The Labute approximate surface area is 160 Å². The molecular weight excluding hydrogens is 350 g/mol. The Balaban J connectivity index is 2.05. The number of amides is 2. The normalized spacial score (nSPS) is 17.3. The second kappa shape index (κ2) is 10.7. The zero-order valence-electron chi connectivity index (χ0n) is 16.2. The van der Waals surface area contributed by atoms with Gasteiger partial charge >= 0.3 is 0 Å². The first kappa shape index (κ1) is 21.0. The summed E-state index contributed by atoms with van der Waals surface area (Å²) in [4.78, 5) is 26.6. The van der Waals surface area contributed by atoms with Crippen LogP contribution in [0.1, 0.15) is 18.4 Å². The van der Waals surface area contributed by atoms with Crippen molar-refractivity contribution in [2.24, 2.45) is 0 Å². The van der Waals surface area contributed by atoms with Crippen molar-refractivity contribution in [1.29, 1.82) is 0 Å². The molecule has 0 aromatic heterocycles. The summed E-state index contributed by atoms with van der Waals surface area (Å²) in [5, 5.41) is 5.68. The Hall–Kier alpha value is -2.32. The average Bonchev–Trinajstić information content (AvgIpc) is 2.67. The largest absolute Gasteiger partial charge is 0.493 e. The van der Waals surface area contributed by atoms with E-state index in [0.717, 1.165) is 12.0 Å². The summed E-state index contributed by atoms with van der Waals surface area (Å²) < 4.78 is 15.8. The van der Waals surface area contributed by atoms with E-state index in [1.54, 1.807) is 21.3 Å². The van der Waals surface area contributed by atoms with Gasteiger partial charge < -0.3 is 24.8 Å². The Morgan fingerprint density at radius 1 is 1.30 bits per heavy atom. The highest BCUT2D eigenvalue weighted by atomic mass is 16.5. The third-order valence-electron chi connectivity index (χ3n) is 4.53. The topological polar surface area (TPSA) is 89.1 Å². The third-order valence-corrected chi connectivity index (χ3v) is 4.53. The zero-order valence-corrected chi connectivity index (χ0v) is 16.2. The van der Waals surface area contributed by atoms with Crippen molar-refractivity contribution in [2.45, 2.75) is 25.4 Å². The van der Waals surface area contributed by atoms with Crippen LogP contribution in [0.15, 0.2) is 18.2 Å². The summed E-state index contributed by atoms with van der Waals surface area (Å²) in [7, 11) is 4.81. The summed E-state index contributed by atoms with van der Waals surface area (Å²) in [6.45, 7) is 2.83. The Kier molecular flexibility index (Phi) is 8.35. The predicted octanol–water partition coefficient (Wildman–Crippen LogP) is 0.547. The molecule has 2 rings (SSSR count). The van der Waals surface area contributed by atoms with Crippen LogP contribution in [0.3, 0.4) is 0 Å². The van der Waals surface area contributed by atoms with E-state index in [1.807, 2.05) is 23.1 Å². The van der Waals surface area contributed by atoms with Crippen LogP contribution in [0.2, 0.25) is 0 Å². The van der Waals surface area contributed by atoms with Gasteiger partial charge in [-0.05, 0) is 12.5 Å². The number of carbonyl (C=O) groups is 2. The molecule has 2 amide bonds. The maximum absolute atomic E-state index is 12.4. The van der Waals surface area contributed by atoms with Crippen LogP contribution < -0.4 is 20.1 Å². The first-order chi connectivity index (χ1) is 13.1. The van der Waals surface area contributed by atoms with Crippen molar-refractivity contribution in [3.8, 4) is 11.5 Å². The number of hydrogen-bond donors (Lipinski definition) is 2. The van der Waals surface area contributed by atoms with Gasteiger partial charge in [0.15, 0.2) is 11.5 Å². The molecule has 150 valence electrons. The van der Waals surface area contributed by atoms with E-state index < -0.39 is 6.04 Å².